The molecule has 0 radical (unpaired) electrons. The lowest BCUT2D eigenvalue weighted by molar-refractivity contribution is 0.119. The van der Waals surface area contributed by atoms with E-state index in [0.717, 1.165) is 29.5 Å². The minimum absolute atomic E-state index is 0.145. The minimum Gasteiger partial charge on any atom is -0.465 e. The lowest BCUT2D eigenvalue weighted by Crippen LogP contribution is -2.44. The Hall–Kier alpha value is -1.89. The highest BCUT2D eigenvalue weighted by molar-refractivity contribution is 7.84. The number of nitrogens with one attached hydrogen (secondary N) is 1. The molecule has 1 amide bonds. The van der Waals surface area contributed by atoms with E-state index in [2.05, 4.69) is 16.9 Å². The van der Waals surface area contributed by atoms with Gasteiger partial charge in [0.05, 0.1) is 15.7 Å². The summed E-state index contributed by atoms with van der Waals surface area (Å²) in [6.07, 6.45) is 0.568. The van der Waals surface area contributed by atoms with Crippen molar-refractivity contribution in [3.05, 3.63) is 59.1 Å². The molecule has 0 saturated carbocycles. The van der Waals surface area contributed by atoms with Crippen LogP contribution in [-0.4, -0.2) is 38.1 Å². The first kappa shape index (κ1) is 22.8. The summed E-state index contributed by atoms with van der Waals surface area (Å²) in [7, 11) is -1.26. The van der Waals surface area contributed by atoms with Gasteiger partial charge in [0.2, 0.25) is 0 Å². The SMILES string of the molecule is CC(C)(C)[S@](=O)N[C@H](c1ccccc1-c1ccc(Cl)cc1)C1CCN(C(=O)O)CC1. The van der Waals surface area contributed by atoms with Gasteiger partial charge in [0.1, 0.15) is 0 Å². The monoisotopic (exact) mass is 448 g/mol. The Bertz CT molecular complexity index is 903. The van der Waals surface area contributed by atoms with E-state index in [0.29, 0.717) is 18.1 Å². The van der Waals surface area contributed by atoms with E-state index in [1.54, 1.807) is 0 Å². The molecule has 1 saturated heterocycles. The number of piperidine rings is 1. The standard InChI is InChI=1S/C23H29ClN2O3S/c1-23(2,3)30(29)25-21(17-12-14-26(15-13-17)22(27)28)20-7-5-4-6-19(20)16-8-10-18(24)11-9-16/h4-11,17,21,25H,12-15H2,1-3H3,(H,27,28)/t21-,30-/m0/s1. The third kappa shape index (κ3) is 5.42. The van der Waals surface area contributed by atoms with Gasteiger partial charge in [-0.2, -0.15) is 0 Å². The van der Waals surface area contributed by atoms with Crippen LogP contribution < -0.4 is 4.72 Å². The summed E-state index contributed by atoms with van der Waals surface area (Å²) in [5.41, 5.74) is 3.19. The van der Waals surface area contributed by atoms with E-state index >= 15 is 0 Å². The normalized spacial score (nSPS) is 17.5. The van der Waals surface area contributed by atoms with E-state index in [-0.39, 0.29) is 12.0 Å². The number of likely N-dealkylation sites (tertiary alicyclic amines) is 1. The van der Waals surface area contributed by atoms with Crippen LogP contribution in [0.15, 0.2) is 48.5 Å². The number of carbonyl (C=O) groups is 1. The highest BCUT2D eigenvalue weighted by Crippen LogP contribution is 2.37. The molecule has 1 fully saturated rings. The van der Waals surface area contributed by atoms with Gasteiger partial charge in [-0.1, -0.05) is 48.0 Å². The molecule has 1 aliphatic heterocycles. The van der Waals surface area contributed by atoms with E-state index in [4.69, 9.17) is 11.6 Å². The first-order valence-corrected chi connectivity index (χ1v) is 11.7. The van der Waals surface area contributed by atoms with Gasteiger partial charge in [-0.05, 0) is 68.4 Å². The lowest BCUT2D eigenvalue weighted by atomic mass is 9.83. The van der Waals surface area contributed by atoms with Gasteiger partial charge in [0.15, 0.2) is 0 Å². The second kappa shape index (κ2) is 9.50. The first-order valence-electron chi connectivity index (χ1n) is 10.2. The summed E-state index contributed by atoms with van der Waals surface area (Å²) in [6.45, 7) is 6.83. The number of benzene rings is 2. The van der Waals surface area contributed by atoms with Crippen molar-refractivity contribution in [2.24, 2.45) is 5.92 Å². The lowest BCUT2D eigenvalue weighted by Gasteiger charge is -2.37. The molecule has 3 rings (SSSR count). The van der Waals surface area contributed by atoms with Crippen molar-refractivity contribution >= 4 is 28.7 Å². The Kier molecular flexibility index (Phi) is 7.22. The van der Waals surface area contributed by atoms with Crippen LogP contribution in [0.5, 0.6) is 0 Å². The van der Waals surface area contributed by atoms with Gasteiger partial charge < -0.3 is 10.0 Å². The Morgan fingerprint density at radius 3 is 2.30 bits per heavy atom. The predicted molar refractivity (Wildman–Crippen MR) is 123 cm³/mol. The van der Waals surface area contributed by atoms with Crippen LogP contribution in [0.1, 0.15) is 45.2 Å². The van der Waals surface area contributed by atoms with Crippen LogP contribution in [0, 0.1) is 5.92 Å². The molecule has 0 spiro atoms. The van der Waals surface area contributed by atoms with Crippen LogP contribution in [0.2, 0.25) is 5.02 Å². The van der Waals surface area contributed by atoms with Crippen molar-refractivity contribution in [1.82, 2.24) is 9.62 Å². The zero-order chi connectivity index (χ0) is 21.9. The Labute approximate surface area is 186 Å². The summed E-state index contributed by atoms with van der Waals surface area (Å²) in [5, 5.41) is 9.98. The summed E-state index contributed by atoms with van der Waals surface area (Å²) < 4.78 is 16.0. The molecule has 7 heteroatoms. The van der Waals surface area contributed by atoms with E-state index in [1.807, 2.05) is 57.2 Å². The average molecular weight is 449 g/mol. The molecule has 5 nitrogen and oxygen atoms in total. The van der Waals surface area contributed by atoms with Crippen LogP contribution in [-0.2, 0) is 11.0 Å². The van der Waals surface area contributed by atoms with Gasteiger partial charge >= 0.3 is 6.09 Å². The second-order valence-corrected chi connectivity index (χ2v) is 11.1. The number of halogens is 1. The van der Waals surface area contributed by atoms with Gasteiger partial charge in [-0.3, -0.25) is 0 Å². The maximum Gasteiger partial charge on any atom is 0.407 e. The largest absolute Gasteiger partial charge is 0.465 e. The summed E-state index contributed by atoms with van der Waals surface area (Å²) >= 11 is 6.08. The van der Waals surface area contributed by atoms with E-state index in [9.17, 15) is 14.1 Å². The molecule has 0 bridgehead atoms. The number of amides is 1. The highest BCUT2D eigenvalue weighted by Gasteiger charge is 2.33. The fourth-order valence-corrected chi connectivity index (χ4v) is 4.82. The zero-order valence-corrected chi connectivity index (χ0v) is 19.2. The number of rotatable bonds is 5. The summed E-state index contributed by atoms with van der Waals surface area (Å²) in [4.78, 5) is 12.8. The summed E-state index contributed by atoms with van der Waals surface area (Å²) in [5.74, 6) is 0.181. The predicted octanol–water partition coefficient (Wildman–Crippen LogP) is 5.49. The molecule has 162 valence electrons. The Morgan fingerprint density at radius 1 is 1.13 bits per heavy atom. The van der Waals surface area contributed by atoms with Gasteiger partial charge in [0.25, 0.3) is 0 Å². The molecule has 0 aliphatic carbocycles. The number of nitrogens with zero attached hydrogens (tertiary/aromatic N) is 1. The van der Waals surface area contributed by atoms with E-state index in [1.165, 1.54) is 4.90 Å². The van der Waals surface area contributed by atoms with Gasteiger partial charge in [-0.25, -0.2) is 13.7 Å². The van der Waals surface area contributed by atoms with Crippen molar-refractivity contribution in [1.29, 1.82) is 0 Å². The average Bonchev–Trinajstić information content (AvgIpc) is 2.72. The zero-order valence-electron chi connectivity index (χ0n) is 17.6. The molecule has 2 aromatic rings. The third-order valence-electron chi connectivity index (χ3n) is 5.52. The number of hydrogen-bond donors (Lipinski definition) is 2. The van der Waals surface area contributed by atoms with Crippen LogP contribution in [0.3, 0.4) is 0 Å². The smallest absolute Gasteiger partial charge is 0.407 e. The van der Waals surface area contributed by atoms with Gasteiger partial charge in [0, 0.05) is 24.2 Å². The molecule has 0 aromatic heterocycles. The van der Waals surface area contributed by atoms with Crippen LogP contribution in [0.25, 0.3) is 11.1 Å². The molecule has 1 heterocycles. The fourth-order valence-electron chi connectivity index (χ4n) is 3.79. The molecular weight excluding hydrogens is 420 g/mol. The molecule has 2 aromatic carbocycles. The molecular formula is C23H29ClN2O3S. The maximum atomic E-state index is 13.0. The maximum absolute atomic E-state index is 13.0. The van der Waals surface area contributed by atoms with Crippen molar-refractivity contribution < 1.29 is 14.1 Å². The van der Waals surface area contributed by atoms with Crippen LogP contribution in [0.4, 0.5) is 4.79 Å². The van der Waals surface area contributed by atoms with E-state index < -0.39 is 21.8 Å². The van der Waals surface area contributed by atoms with Crippen LogP contribution >= 0.6 is 11.6 Å². The highest BCUT2D eigenvalue weighted by atomic mass is 35.5. The molecule has 1 aliphatic rings. The first-order chi connectivity index (χ1) is 14.2. The van der Waals surface area contributed by atoms with Crippen molar-refractivity contribution in [3.63, 3.8) is 0 Å². The third-order valence-corrected chi connectivity index (χ3v) is 7.36. The molecule has 2 atom stereocenters. The second-order valence-electron chi connectivity index (χ2n) is 8.68. The minimum atomic E-state index is -1.26. The van der Waals surface area contributed by atoms with Gasteiger partial charge in [-0.15, -0.1) is 0 Å². The molecule has 2 N–H and O–H groups in total. The number of carboxylic acid groups (broad SMARTS) is 1. The van der Waals surface area contributed by atoms with Crippen molar-refractivity contribution in [2.45, 2.75) is 44.4 Å². The molecule has 30 heavy (non-hydrogen) atoms. The fraction of sp³-hybridized carbons (Fsp3) is 0.435. The quantitative estimate of drug-likeness (QED) is 0.635. The Morgan fingerprint density at radius 2 is 1.73 bits per heavy atom. The molecule has 0 unspecified atom stereocenters. The number of hydrogen-bond acceptors (Lipinski definition) is 2. The summed E-state index contributed by atoms with van der Waals surface area (Å²) in [6, 6.07) is 15.7. The van der Waals surface area contributed by atoms with Crippen molar-refractivity contribution in [2.75, 3.05) is 13.1 Å². The Balaban J connectivity index is 1.97. The van der Waals surface area contributed by atoms with Crippen molar-refractivity contribution in [3.8, 4) is 11.1 Å². The topological polar surface area (TPSA) is 69.6 Å².